The van der Waals surface area contributed by atoms with Crippen LogP contribution in [0.4, 0.5) is 5.82 Å². The van der Waals surface area contributed by atoms with E-state index in [2.05, 4.69) is 10.3 Å². The molecule has 1 aromatic carbocycles. The topological polar surface area (TPSA) is 62.3 Å². The van der Waals surface area contributed by atoms with Crippen molar-refractivity contribution in [2.75, 3.05) is 24.7 Å². The Balaban J connectivity index is 1.60. The molecular weight excluding hydrogens is 358 g/mol. The average Bonchev–Trinajstić information content (AvgIpc) is 2.68. The molecule has 2 heterocycles. The number of nitrogens with zero attached hydrogens (tertiary/aromatic N) is 2. The maximum Gasteiger partial charge on any atom is 0.254 e. The van der Waals surface area contributed by atoms with Crippen LogP contribution in [-0.2, 0) is 4.79 Å². The lowest BCUT2D eigenvalue weighted by Gasteiger charge is -2.31. The van der Waals surface area contributed by atoms with E-state index in [0.717, 1.165) is 21.6 Å². The van der Waals surface area contributed by atoms with E-state index < -0.39 is 0 Å². The van der Waals surface area contributed by atoms with Crippen LogP contribution in [0.1, 0.15) is 34.3 Å². The van der Waals surface area contributed by atoms with Gasteiger partial charge < -0.3 is 10.2 Å². The molecule has 2 aromatic rings. The molecule has 6 heteroatoms. The Bertz CT molecular complexity index is 845. The predicted octanol–water partition coefficient (Wildman–Crippen LogP) is 3.91. The summed E-state index contributed by atoms with van der Waals surface area (Å²) in [5.41, 5.74) is 2.81. The second kappa shape index (κ2) is 8.57. The number of pyridine rings is 1. The van der Waals surface area contributed by atoms with Crippen molar-refractivity contribution in [3.63, 3.8) is 0 Å². The van der Waals surface area contributed by atoms with Gasteiger partial charge in [-0.25, -0.2) is 4.98 Å². The van der Waals surface area contributed by atoms with Gasteiger partial charge in [0, 0.05) is 35.7 Å². The summed E-state index contributed by atoms with van der Waals surface area (Å²) in [7, 11) is 0. The fourth-order valence-electron chi connectivity index (χ4n) is 3.31. The number of benzene rings is 1. The smallest absolute Gasteiger partial charge is 0.254 e. The second-order valence-corrected chi connectivity index (χ2v) is 7.83. The van der Waals surface area contributed by atoms with Crippen LogP contribution < -0.4 is 5.32 Å². The molecule has 27 heavy (non-hydrogen) atoms. The minimum Gasteiger partial charge on any atom is -0.339 e. The molecule has 0 bridgehead atoms. The number of carbonyl (C=O) groups is 2. The summed E-state index contributed by atoms with van der Waals surface area (Å²) in [5, 5.41) is 2.90. The molecule has 0 aliphatic carbocycles. The molecule has 1 aliphatic heterocycles. The number of anilines is 1. The highest BCUT2D eigenvalue weighted by atomic mass is 32.2. The Hall–Kier alpha value is -2.34. The van der Waals surface area contributed by atoms with Crippen LogP contribution in [0.3, 0.4) is 0 Å². The lowest BCUT2D eigenvalue weighted by Crippen LogP contribution is -2.41. The fourth-order valence-corrected chi connectivity index (χ4v) is 3.75. The van der Waals surface area contributed by atoms with Crippen molar-refractivity contribution in [2.24, 2.45) is 5.92 Å². The van der Waals surface area contributed by atoms with Gasteiger partial charge in [0.15, 0.2) is 0 Å². The van der Waals surface area contributed by atoms with E-state index in [0.29, 0.717) is 31.7 Å². The van der Waals surface area contributed by atoms with Crippen molar-refractivity contribution in [2.45, 2.75) is 31.6 Å². The Kier molecular flexibility index (Phi) is 6.16. The molecule has 1 fully saturated rings. The number of thioether (sulfide) groups is 1. The van der Waals surface area contributed by atoms with Crippen molar-refractivity contribution < 1.29 is 9.59 Å². The van der Waals surface area contributed by atoms with E-state index in [1.807, 2.05) is 55.3 Å². The van der Waals surface area contributed by atoms with Gasteiger partial charge in [0.2, 0.25) is 5.91 Å². The van der Waals surface area contributed by atoms with Crippen LogP contribution >= 0.6 is 11.8 Å². The first-order chi connectivity index (χ1) is 13.0. The van der Waals surface area contributed by atoms with Crippen molar-refractivity contribution in [3.05, 3.63) is 53.2 Å². The number of likely N-dealkylation sites (tertiary alicyclic amines) is 1. The number of carbonyl (C=O) groups excluding carboxylic acids is 2. The summed E-state index contributed by atoms with van der Waals surface area (Å²) in [6.45, 7) is 5.13. The molecule has 1 saturated heterocycles. The van der Waals surface area contributed by atoms with E-state index >= 15 is 0 Å². The van der Waals surface area contributed by atoms with Crippen LogP contribution in [-0.4, -0.2) is 41.0 Å². The largest absolute Gasteiger partial charge is 0.339 e. The first-order valence-electron chi connectivity index (χ1n) is 9.15. The molecule has 0 spiro atoms. The van der Waals surface area contributed by atoms with E-state index in [-0.39, 0.29) is 17.7 Å². The second-order valence-electron chi connectivity index (χ2n) is 6.96. The van der Waals surface area contributed by atoms with Gasteiger partial charge in [-0.15, -0.1) is 11.8 Å². The highest BCUT2D eigenvalue weighted by Crippen LogP contribution is 2.24. The highest BCUT2D eigenvalue weighted by Gasteiger charge is 2.28. The summed E-state index contributed by atoms with van der Waals surface area (Å²) < 4.78 is 0. The molecular formula is C21H25N3O2S. The quantitative estimate of drug-likeness (QED) is 0.813. The summed E-state index contributed by atoms with van der Waals surface area (Å²) in [4.78, 5) is 32.5. The number of hydrogen-bond donors (Lipinski definition) is 1. The Labute approximate surface area is 164 Å². The van der Waals surface area contributed by atoms with Crippen LogP contribution in [0.25, 0.3) is 0 Å². The van der Waals surface area contributed by atoms with E-state index in [1.54, 1.807) is 18.0 Å². The van der Waals surface area contributed by atoms with Gasteiger partial charge in [0.1, 0.15) is 5.82 Å². The average molecular weight is 384 g/mol. The Morgan fingerprint density at radius 1 is 1.15 bits per heavy atom. The Morgan fingerprint density at radius 2 is 1.89 bits per heavy atom. The number of piperidine rings is 1. The van der Waals surface area contributed by atoms with Crippen LogP contribution in [0.2, 0.25) is 0 Å². The van der Waals surface area contributed by atoms with Gasteiger partial charge in [-0.05, 0) is 68.3 Å². The number of aromatic nitrogens is 1. The summed E-state index contributed by atoms with van der Waals surface area (Å²) in [5.74, 6) is 0.543. The fraction of sp³-hybridized carbons (Fsp3) is 0.381. The Morgan fingerprint density at radius 3 is 2.56 bits per heavy atom. The number of hydrogen-bond acceptors (Lipinski definition) is 4. The first kappa shape index (κ1) is 19.4. The van der Waals surface area contributed by atoms with Crippen molar-refractivity contribution in [1.82, 2.24) is 9.88 Å². The van der Waals surface area contributed by atoms with Crippen molar-refractivity contribution >= 4 is 29.4 Å². The number of amides is 2. The molecule has 2 amide bonds. The molecule has 0 saturated carbocycles. The van der Waals surface area contributed by atoms with Crippen molar-refractivity contribution in [3.8, 4) is 0 Å². The zero-order valence-corrected chi connectivity index (χ0v) is 16.8. The lowest BCUT2D eigenvalue weighted by atomic mass is 9.95. The van der Waals surface area contributed by atoms with Crippen LogP contribution in [0, 0.1) is 19.8 Å². The standard InChI is InChI=1S/C21H25N3O2S/c1-14-6-9-22-19(12-14)23-20(25)16-7-10-24(11-8-16)21(26)18-13-17(27-3)5-4-15(18)2/h4-6,9,12-13,16H,7-8,10-11H2,1-3H3,(H,22,23,25). The summed E-state index contributed by atoms with van der Waals surface area (Å²) in [6.07, 6.45) is 5.04. The number of rotatable bonds is 4. The molecule has 0 unspecified atom stereocenters. The molecule has 0 atom stereocenters. The maximum atomic E-state index is 12.9. The molecule has 1 aromatic heterocycles. The van der Waals surface area contributed by atoms with Gasteiger partial charge in [-0.3, -0.25) is 9.59 Å². The first-order valence-corrected chi connectivity index (χ1v) is 10.4. The minimum atomic E-state index is -0.0880. The minimum absolute atomic E-state index is 0.0132. The molecule has 0 radical (unpaired) electrons. The highest BCUT2D eigenvalue weighted by molar-refractivity contribution is 7.98. The van der Waals surface area contributed by atoms with E-state index in [4.69, 9.17) is 0 Å². The SMILES string of the molecule is CSc1ccc(C)c(C(=O)N2CCC(C(=O)Nc3cc(C)ccn3)CC2)c1. The van der Waals surface area contributed by atoms with Gasteiger partial charge >= 0.3 is 0 Å². The normalized spacial score (nSPS) is 14.9. The van der Waals surface area contributed by atoms with Gasteiger partial charge in [-0.2, -0.15) is 0 Å². The van der Waals surface area contributed by atoms with Gasteiger partial charge in [0.25, 0.3) is 5.91 Å². The van der Waals surface area contributed by atoms with Crippen molar-refractivity contribution in [1.29, 1.82) is 0 Å². The molecule has 142 valence electrons. The zero-order valence-electron chi connectivity index (χ0n) is 16.0. The number of aryl methyl sites for hydroxylation is 2. The monoisotopic (exact) mass is 383 g/mol. The molecule has 3 rings (SSSR count). The van der Waals surface area contributed by atoms with Crippen LogP contribution in [0.15, 0.2) is 41.4 Å². The van der Waals surface area contributed by atoms with E-state index in [9.17, 15) is 9.59 Å². The summed E-state index contributed by atoms with van der Waals surface area (Å²) >= 11 is 1.63. The van der Waals surface area contributed by atoms with E-state index in [1.165, 1.54) is 0 Å². The third-order valence-electron chi connectivity index (χ3n) is 4.99. The third kappa shape index (κ3) is 4.69. The van der Waals surface area contributed by atoms with Crippen LogP contribution in [0.5, 0.6) is 0 Å². The lowest BCUT2D eigenvalue weighted by molar-refractivity contribution is -0.121. The molecule has 1 aliphatic rings. The summed E-state index contributed by atoms with van der Waals surface area (Å²) in [6, 6.07) is 9.75. The predicted molar refractivity (Wildman–Crippen MR) is 109 cm³/mol. The van der Waals surface area contributed by atoms with Gasteiger partial charge in [-0.1, -0.05) is 6.07 Å². The maximum absolute atomic E-state index is 12.9. The molecule has 1 N–H and O–H groups in total. The van der Waals surface area contributed by atoms with Gasteiger partial charge in [0.05, 0.1) is 0 Å². The zero-order chi connectivity index (χ0) is 19.4. The molecule has 5 nitrogen and oxygen atoms in total. The number of nitrogens with one attached hydrogen (secondary N) is 1. The third-order valence-corrected chi connectivity index (χ3v) is 5.72.